The van der Waals surface area contributed by atoms with Crippen molar-refractivity contribution in [2.75, 3.05) is 31.9 Å². The lowest BCUT2D eigenvalue weighted by Gasteiger charge is -2.33. The molecule has 1 aliphatic rings. The number of amides is 1. The molecule has 1 amide bonds. The second-order valence-corrected chi connectivity index (χ2v) is 6.93. The van der Waals surface area contributed by atoms with Gasteiger partial charge in [0.25, 0.3) is 16.1 Å². The van der Waals surface area contributed by atoms with Crippen molar-refractivity contribution < 1.29 is 13.2 Å². The Balaban J connectivity index is 2.09. The SMILES string of the molecule is Nc1cc(Br)ccc1C(=O)N1CCN(S(N)(=O)=O)CC1. The number of nitrogens with zero attached hydrogens (tertiary/aromatic N) is 2. The normalized spacial score (nSPS) is 17.2. The van der Waals surface area contributed by atoms with Gasteiger partial charge < -0.3 is 10.6 Å². The lowest BCUT2D eigenvalue weighted by molar-refractivity contribution is 0.0699. The number of rotatable bonds is 2. The Labute approximate surface area is 125 Å². The van der Waals surface area contributed by atoms with Crippen LogP contribution in [-0.4, -0.2) is 49.7 Å². The predicted molar refractivity (Wildman–Crippen MR) is 79.1 cm³/mol. The average Bonchev–Trinajstić information content (AvgIpc) is 2.37. The quantitative estimate of drug-likeness (QED) is 0.721. The molecule has 2 rings (SSSR count). The number of anilines is 1. The molecule has 0 atom stereocenters. The van der Waals surface area contributed by atoms with Crippen molar-refractivity contribution >= 4 is 37.7 Å². The van der Waals surface area contributed by atoms with Gasteiger partial charge in [0.2, 0.25) is 0 Å². The van der Waals surface area contributed by atoms with E-state index in [4.69, 9.17) is 10.9 Å². The number of nitrogen functional groups attached to an aromatic ring is 1. The fourth-order valence-corrected chi connectivity index (χ4v) is 3.10. The zero-order chi connectivity index (χ0) is 14.9. The van der Waals surface area contributed by atoms with E-state index in [1.165, 1.54) is 0 Å². The summed E-state index contributed by atoms with van der Waals surface area (Å²) in [6.45, 7) is 0.984. The van der Waals surface area contributed by atoms with Gasteiger partial charge in [-0.15, -0.1) is 0 Å². The fraction of sp³-hybridized carbons (Fsp3) is 0.364. The molecule has 0 aliphatic carbocycles. The summed E-state index contributed by atoms with van der Waals surface area (Å²) in [5.74, 6) is -0.205. The van der Waals surface area contributed by atoms with Gasteiger partial charge in [0, 0.05) is 36.3 Å². The van der Waals surface area contributed by atoms with Gasteiger partial charge >= 0.3 is 0 Å². The summed E-state index contributed by atoms with van der Waals surface area (Å²) in [6.07, 6.45) is 0. The minimum absolute atomic E-state index is 0.195. The lowest BCUT2D eigenvalue weighted by Crippen LogP contribution is -2.52. The number of hydrogen-bond acceptors (Lipinski definition) is 4. The third-order valence-electron chi connectivity index (χ3n) is 3.13. The van der Waals surface area contributed by atoms with Gasteiger partial charge in [-0.3, -0.25) is 4.79 Å². The van der Waals surface area contributed by atoms with Crippen molar-refractivity contribution in [1.29, 1.82) is 0 Å². The van der Waals surface area contributed by atoms with Gasteiger partial charge in [-0.1, -0.05) is 15.9 Å². The van der Waals surface area contributed by atoms with E-state index in [-0.39, 0.29) is 19.0 Å². The van der Waals surface area contributed by atoms with Crippen LogP contribution in [0.15, 0.2) is 22.7 Å². The molecule has 0 saturated carbocycles. The lowest BCUT2D eigenvalue weighted by atomic mass is 10.1. The Morgan fingerprint density at radius 3 is 2.30 bits per heavy atom. The van der Waals surface area contributed by atoms with Gasteiger partial charge in [0.05, 0.1) is 5.56 Å². The molecule has 20 heavy (non-hydrogen) atoms. The van der Waals surface area contributed by atoms with Crippen molar-refractivity contribution in [3.8, 4) is 0 Å². The van der Waals surface area contributed by atoms with E-state index >= 15 is 0 Å². The maximum atomic E-state index is 12.3. The van der Waals surface area contributed by atoms with Gasteiger partial charge in [0.15, 0.2) is 0 Å². The van der Waals surface area contributed by atoms with Crippen LogP contribution < -0.4 is 10.9 Å². The summed E-state index contributed by atoms with van der Waals surface area (Å²) in [5.41, 5.74) is 6.62. The standard InChI is InChI=1S/C11H15BrN4O3S/c12-8-1-2-9(10(13)7-8)11(17)15-3-5-16(6-4-15)20(14,18)19/h1-2,7H,3-6,13H2,(H2,14,18,19). The molecule has 0 aromatic heterocycles. The molecule has 1 aromatic rings. The first kappa shape index (κ1) is 15.2. The van der Waals surface area contributed by atoms with Crippen LogP contribution in [0.25, 0.3) is 0 Å². The van der Waals surface area contributed by atoms with Crippen LogP contribution in [-0.2, 0) is 10.2 Å². The van der Waals surface area contributed by atoms with Gasteiger partial charge in [0.1, 0.15) is 0 Å². The molecule has 1 saturated heterocycles. The maximum Gasteiger partial charge on any atom is 0.277 e. The molecule has 0 unspecified atom stereocenters. The summed E-state index contributed by atoms with van der Waals surface area (Å²) in [5, 5.41) is 5.05. The van der Waals surface area contributed by atoms with Crippen molar-refractivity contribution in [3.63, 3.8) is 0 Å². The number of piperazine rings is 1. The minimum atomic E-state index is -3.69. The molecule has 1 aliphatic heterocycles. The summed E-state index contributed by atoms with van der Waals surface area (Å²) in [4.78, 5) is 13.9. The molecular formula is C11H15BrN4O3S. The van der Waals surface area contributed by atoms with Gasteiger partial charge in [-0.2, -0.15) is 12.7 Å². The molecule has 1 aromatic carbocycles. The first-order chi connectivity index (χ1) is 9.29. The first-order valence-electron chi connectivity index (χ1n) is 5.91. The van der Waals surface area contributed by atoms with Crippen molar-refractivity contribution in [2.24, 2.45) is 5.14 Å². The highest BCUT2D eigenvalue weighted by atomic mass is 79.9. The highest BCUT2D eigenvalue weighted by molar-refractivity contribution is 9.10. The third-order valence-corrected chi connectivity index (χ3v) is 4.71. The zero-order valence-corrected chi connectivity index (χ0v) is 13.0. The van der Waals surface area contributed by atoms with Crippen LogP contribution in [0.4, 0.5) is 5.69 Å². The molecule has 0 radical (unpaired) electrons. The summed E-state index contributed by atoms with van der Waals surface area (Å²) >= 11 is 3.28. The Morgan fingerprint density at radius 1 is 1.20 bits per heavy atom. The fourth-order valence-electron chi connectivity index (χ4n) is 2.04. The number of carbonyl (C=O) groups is 1. The number of halogens is 1. The van der Waals surface area contributed by atoms with Crippen molar-refractivity contribution in [3.05, 3.63) is 28.2 Å². The minimum Gasteiger partial charge on any atom is -0.398 e. The third kappa shape index (κ3) is 3.29. The van der Waals surface area contributed by atoms with Crippen molar-refractivity contribution in [1.82, 2.24) is 9.21 Å². The monoisotopic (exact) mass is 362 g/mol. The summed E-state index contributed by atoms with van der Waals surface area (Å²) in [6, 6.07) is 5.05. The van der Waals surface area contributed by atoms with E-state index in [0.29, 0.717) is 24.3 Å². The highest BCUT2D eigenvalue weighted by Crippen LogP contribution is 2.20. The van der Waals surface area contributed by atoms with Gasteiger partial charge in [-0.05, 0) is 18.2 Å². The van der Waals surface area contributed by atoms with Crippen molar-refractivity contribution in [2.45, 2.75) is 0 Å². The zero-order valence-electron chi connectivity index (χ0n) is 10.6. The molecule has 1 heterocycles. The van der Waals surface area contributed by atoms with E-state index in [9.17, 15) is 13.2 Å². The number of carbonyl (C=O) groups excluding carboxylic acids is 1. The smallest absolute Gasteiger partial charge is 0.277 e. The molecule has 7 nitrogen and oxygen atoms in total. The number of nitrogens with two attached hydrogens (primary N) is 2. The largest absolute Gasteiger partial charge is 0.398 e. The second kappa shape index (κ2) is 5.68. The molecule has 1 fully saturated rings. The Hall–Kier alpha value is -1.16. The molecule has 0 spiro atoms. The number of benzene rings is 1. The van der Waals surface area contributed by atoms with E-state index in [1.807, 2.05) is 0 Å². The molecule has 110 valence electrons. The topological polar surface area (TPSA) is 110 Å². The van der Waals surface area contributed by atoms with Gasteiger partial charge in [-0.25, -0.2) is 5.14 Å². The van der Waals surface area contributed by atoms with E-state index in [2.05, 4.69) is 15.9 Å². The van der Waals surface area contributed by atoms with Crippen LogP contribution in [0.1, 0.15) is 10.4 Å². The average molecular weight is 363 g/mol. The Kier molecular flexibility index (Phi) is 4.33. The first-order valence-corrected chi connectivity index (χ1v) is 8.21. The van der Waals surface area contributed by atoms with Crippen LogP contribution in [0.3, 0.4) is 0 Å². The second-order valence-electron chi connectivity index (χ2n) is 4.47. The Morgan fingerprint density at radius 2 is 1.80 bits per heavy atom. The molecule has 4 N–H and O–H groups in total. The van der Waals surface area contributed by atoms with Crippen LogP contribution in [0.2, 0.25) is 0 Å². The van der Waals surface area contributed by atoms with E-state index in [1.54, 1.807) is 23.1 Å². The van der Waals surface area contributed by atoms with Crippen LogP contribution in [0, 0.1) is 0 Å². The summed E-state index contributed by atoms with van der Waals surface area (Å²) < 4.78 is 24.4. The predicted octanol–water partition coefficient (Wildman–Crippen LogP) is -0.00740. The number of hydrogen-bond donors (Lipinski definition) is 2. The summed E-state index contributed by atoms with van der Waals surface area (Å²) in [7, 11) is -3.69. The molecule has 0 bridgehead atoms. The maximum absolute atomic E-state index is 12.3. The molecular weight excluding hydrogens is 348 g/mol. The highest BCUT2D eigenvalue weighted by Gasteiger charge is 2.27. The molecule has 9 heteroatoms. The Bertz CT molecular complexity index is 627. The van der Waals surface area contributed by atoms with E-state index < -0.39 is 10.2 Å². The van der Waals surface area contributed by atoms with Crippen LogP contribution in [0.5, 0.6) is 0 Å². The van der Waals surface area contributed by atoms with E-state index in [0.717, 1.165) is 8.78 Å². The van der Waals surface area contributed by atoms with Crippen LogP contribution >= 0.6 is 15.9 Å².